The zero-order valence-electron chi connectivity index (χ0n) is 12.5. The molecule has 0 aliphatic carbocycles. The van der Waals surface area contributed by atoms with Crippen molar-refractivity contribution in [2.24, 2.45) is 5.92 Å². The molecule has 1 atom stereocenters. The molecule has 0 bridgehead atoms. The zero-order chi connectivity index (χ0) is 14.8. The van der Waals surface area contributed by atoms with Crippen molar-refractivity contribution in [2.75, 3.05) is 46.2 Å². The van der Waals surface area contributed by atoms with E-state index in [4.69, 9.17) is 11.6 Å². The van der Waals surface area contributed by atoms with Crippen molar-refractivity contribution in [1.82, 2.24) is 13.5 Å². The Morgan fingerprint density at radius 2 is 1.75 bits per heavy atom. The van der Waals surface area contributed by atoms with Crippen LogP contribution in [0.1, 0.15) is 25.7 Å². The highest BCUT2D eigenvalue weighted by Crippen LogP contribution is 2.24. The maximum atomic E-state index is 12.7. The van der Waals surface area contributed by atoms with Crippen molar-refractivity contribution in [3.05, 3.63) is 0 Å². The van der Waals surface area contributed by atoms with Gasteiger partial charge in [0.25, 0.3) is 10.2 Å². The fourth-order valence-corrected chi connectivity index (χ4v) is 5.12. The monoisotopic (exact) mass is 323 g/mol. The van der Waals surface area contributed by atoms with Crippen molar-refractivity contribution in [3.8, 4) is 0 Å². The second kappa shape index (κ2) is 6.92. The quantitative estimate of drug-likeness (QED) is 0.730. The highest BCUT2D eigenvalue weighted by Gasteiger charge is 2.35. The molecule has 2 rings (SSSR count). The molecule has 0 saturated carbocycles. The Labute approximate surface area is 128 Å². The summed E-state index contributed by atoms with van der Waals surface area (Å²) >= 11 is 5.89. The largest absolute Gasteiger partial charge is 0.306 e. The maximum Gasteiger partial charge on any atom is 0.281 e. The fourth-order valence-electron chi connectivity index (χ4n) is 3.11. The Balaban J connectivity index is 1.97. The summed E-state index contributed by atoms with van der Waals surface area (Å²) in [6.07, 6.45) is 3.79. The van der Waals surface area contributed by atoms with Gasteiger partial charge in [0.1, 0.15) is 0 Å². The first kappa shape index (κ1) is 16.5. The van der Waals surface area contributed by atoms with Gasteiger partial charge in [-0.15, -0.1) is 11.6 Å². The van der Waals surface area contributed by atoms with Crippen LogP contribution in [0.4, 0.5) is 0 Å². The standard InChI is InChI=1S/C13H26ClN3O2S/c1-15(2)13-5-8-16(9-6-13)20(18,19)17-7-3-4-12(10-14)11-17/h12-13H,3-11H2,1-2H3. The molecule has 5 nitrogen and oxygen atoms in total. The van der Waals surface area contributed by atoms with Crippen molar-refractivity contribution in [1.29, 1.82) is 0 Å². The summed E-state index contributed by atoms with van der Waals surface area (Å²) in [6, 6.07) is 0.499. The predicted octanol–water partition coefficient (Wildman–Crippen LogP) is 1.21. The Bertz CT molecular complexity index is 408. The molecule has 0 amide bonds. The van der Waals surface area contributed by atoms with E-state index in [1.165, 1.54) is 0 Å². The molecule has 2 aliphatic rings. The van der Waals surface area contributed by atoms with Crippen LogP contribution in [-0.2, 0) is 10.2 Å². The lowest BCUT2D eigenvalue weighted by Crippen LogP contribution is -2.52. The molecule has 118 valence electrons. The Morgan fingerprint density at radius 1 is 1.10 bits per heavy atom. The minimum atomic E-state index is -3.29. The van der Waals surface area contributed by atoms with Gasteiger partial charge >= 0.3 is 0 Å². The molecule has 2 heterocycles. The number of hydrogen-bond donors (Lipinski definition) is 0. The summed E-state index contributed by atoms with van der Waals surface area (Å²) < 4.78 is 28.6. The van der Waals surface area contributed by atoms with Crippen LogP contribution in [0.3, 0.4) is 0 Å². The van der Waals surface area contributed by atoms with Crippen LogP contribution in [0, 0.1) is 5.92 Å². The molecular weight excluding hydrogens is 298 g/mol. The average molecular weight is 324 g/mol. The van der Waals surface area contributed by atoms with E-state index in [1.807, 2.05) is 0 Å². The third-order valence-corrected chi connectivity index (χ3v) is 6.94. The van der Waals surface area contributed by atoms with Crippen LogP contribution in [0.25, 0.3) is 0 Å². The van der Waals surface area contributed by atoms with E-state index in [-0.39, 0.29) is 0 Å². The molecule has 0 spiro atoms. The van der Waals surface area contributed by atoms with E-state index in [0.717, 1.165) is 25.7 Å². The molecule has 1 unspecified atom stereocenters. The van der Waals surface area contributed by atoms with Gasteiger partial charge in [0, 0.05) is 38.1 Å². The normalized spacial score (nSPS) is 28.1. The van der Waals surface area contributed by atoms with Crippen molar-refractivity contribution >= 4 is 21.8 Å². The van der Waals surface area contributed by atoms with Crippen LogP contribution in [0.15, 0.2) is 0 Å². The van der Waals surface area contributed by atoms with Crippen LogP contribution in [0.2, 0.25) is 0 Å². The lowest BCUT2D eigenvalue weighted by Gasteiger charge is -2.39. The molecule has 0 N–H and O–H groups in total. The number of alkyl halides is 1. The number of hydrogen-bond acceptors (Lipinski definition) is 3. The number of nitrogens with zero attached hydrogens (tertiary/aromatic N) is 3. The number of halogens is 1. The van der Waals surface area contributed by atoms with E-state index in [1.54, 1.807) is 8.61 Å². The topological polar surface area (TPSA) is 43.9 Å². The van der Waals surface area contributed by atoms with Gasteiger partial charge in [0.05, 0.1) is 0 Å². The summed E-state index contributed by atoms with van der Waals surface area (Å²) in [6.45, 7) is 2.49. The van der Waals surface area contributed by atoms with E-state index in [9.17, 15) is 8.42 Å². The molecule has 7 heteroatoms. The number of piperidine rings is 2. The molecule has 2 saturated heterocycles. The Kier molecular flexibility index (Phi) is 5.71. The van der Waals surface area contributed by atoms with Gasteiger partial charge in [-0.25, -0.2) is 0 Å². The molecule has 20 heavy (non-hydrogen) atoms. The second-order valence-corrected chi connectivity index (χ2v) is 8.36. The van der Waals surface area contributed by atoms with Gasteiger partial charge in [-0.3, -0.25) is 0 Å². The molecule has 2 fully saturated rings. The predicted molar refractivity (Wildman–Crippen MR) is 82.2 cm³/mol. The molecular formula is C13H26ClN3O2S. The summed E-state index contributed by atoms with van der Waals surface area (Å²) in [7, 11) is 0.832. The van der Waals surface area contributed by atoms with E-state index >= 15 is 0 Å². The maximum absolute atomic E-state index is 12.7. The summed E-state index contributed by atoms with van der Waals surface area (Å²) in [5.74, 6) is 0.855. The van der Waals surface area contributed by atoms with Gasteiger partial charge in [-0.1, -0.05) is 0 Å². The van der Waals surface area contributed by atoms with Crippen molar-refractivity contribution in [2.45, 2.75) is 31.7 Å². The summed E-state index contributed by atoms with van der Waals surface area (Å²) in [5.41, 5.74) is 0. The molecule has 0 radical (unpaired) electrons. The van der Waals surface area contributed by atoms with Crippen LogP contribution < -0.4 is 0 Å². The van der Waals surface area contributed by atoms with Crippen molar-refractivity contribution in [3.63, 3.8) is 0 Å². The van der Waals surface area contributed by atoms with Crippen LogP contribution in [0.5, 0.6) is 0 Å². The van der Waals surface area contributed by atoms with Gasteiger partial charge in [-0.05, 0) is 45.7 Å². The fraction of sp³-hybridized carbons (Fsp3) is 1.00. The molecule has 2 aliphatic heterocycles. The van der Waals surface area contributed by atoms with Gasteiger partial charge in [0.2, 0.25) is 0 Å². The highest BCUT2D eigenvalue weighted by molar-refractivity contribution is 7.86. The first-order valence-corrected chi connectivity index (χ1v) is 9.36. The highest BCUT2D eigenvalue weighted by atomic mass is 35.5. The smallest absolute Gasteiger partial charge is 0.281 e. The number of rotatable bonds is 4. The third kappa shape index (κ3) is 3.65. The third-order valence-electron chi connectivity index (χ3n) is 4.51. The van der Waals surface area contributed by atoms with Gasteiger partial charge in [0.15, 0.2) is 0 Å². The zero-order valence-corrected chi connectivity index (χ0v) is 14.0. The van der Waals surface area contributed by atoms with E-state index in [2.05, 4.69) is 19.0 Å². The van der Waals surface area contributed by atoms with Crippen LogP contribution in [-0.4, -0.2) is 74.1 Å². The van der Waals surface area contributed by atoms with Gasteiger partial charge in [-0.2, -0.15) is 17.0 Å². The van der Waals surface area contributed by atoms with E-state index in [0.29, 0.717) is 44.0 Å². The van der Waals surface area contributed by atoms with E-state index < -0.39 is 10.2 Å². The Morgan fingerprint density at radius 3 is 2.30 bits per heavy atom. The van der Waals surface area contributed by atoms with Crippen molar-refractivity contribution < 1.29 is 8.42 Å². The minimum Gasteiger partial charge on any atom is -0.306 e. The SMILES string of the molecule is CN(C)C1CCN(S(=O)(=O)N2CCCC(CCl)C2)CC1. The minimum absolute atomic E-state index is 0.305. The summed E-state index contributed by atoms with van der Waals surface area (Å²) in [4.78, 5) is 2.19. The average Bonchev–Trinajstić information content (AvgIpc) is 2.47. The van der Waals surface area contributed by atoms with Crippen LogP contribution >= 0.6 is 11.6 Å². The first-order valence-electron chi connectivity index (χ1n) is 7.42. The summed E-state index contributed by atoms with van der Waals surface area (Å²) in [5, 5.41) is 0. The molecule has 0 aromatic rings. The molecule has 0 aromatic carbocycles. The first-order chi connectivity index (χ1) is 9.45. The second-order valence-electron chi connectivity index (χ2n) is 6.12. The lowest BCUT2D eigenvalue weighted by molar-refractivity contribution is 0.184. The molecule has 0 aromatic heterocycles. The van der Waals surface area contributed by atoms with Gasteiger partial charge < -0.3 is 4.90 Å². The Hall–Kier alpha value is 0.120. The lowest BCUT2D eigenvalue weighted by atomic mass is 10.0.